The van der Waals surface area contributed by atoms with Crippen molar-refractivity contribution in [3.8, 4) is 0 Å². The molecule has 3 heteroatoms. The molecule has 2 unspecified atom stereocenters. The predicted molar refractivity (Wildman–Crippen MR) is 200 cm³/mol. The molecule has 1 aliphatic rings. The predicted octanol–water partition coefficient (Wildman–Crippen LogP) is 13.5. The van der Waals surface area contributed by atoms with Gasteiger partial charge in [-0.25, -0.2) is 0 Å². The number of ether oxygens (including phenoxy) is 2. The van der Waals surface area contributed by atoms with Crippen LogP contribution in [0.25, 0.3) is 0 Å². The normalized spacial score (nSPS) is 18.8. The van der Waals surface area contributed by atoms with Crippen molar-refractivity contribution in [2.45, 2.75) is 218 Å². The highest BCUT2D eigenvalue weighted by Crippen LogP contribution is 2.35. The van der Waals surface area contributed by atoms with Crippen LogP contribution in [0.15, 0.2) is 24.3 Å². The molecule has 1 fully saturated rings. The minimum absolute atomic E-state index is 0.227. The minimum atomic E-state index is -0.314. The lowest BCUT2D eigenvalue weighted by atomic mass is 9.98. The van der Waals surface area contributed by atoms with E-state index in [0.29, 0.717) is 0 Å². The molecule has 0 N–H and O–H groups in total. The van der Waals surface area contributed by atoms with E-state index in [1.54, 1.807) is 0 Å². The average molecular weight is 632 g/mol. The quantitative estimate of drug-likeness (QED) is 0.0521. The van der Waals surface area contributed by atoms with Crippen molar-refractivity contribution < 1.29 is 9.47 Å². The van der Waals surface area contributed by atoms with E-state index in [1.807, 2.05) is 0 Å². The Kier molecular flexibility index (Phi) is 30.1. The molecule has 0 aromatic carbocycles. The van der Waals surface area contributed by atoms with Crippen LogP contribution in [0.5, 0.6) is 0 Å². The fourth-order valence-electron chi connectivity index (χ4n) is 6.83. The van der Waals surface area contributed by atoms with E-state index in [-0.39, 0.29) is 11.9 Å². The van der Waals surface area contributed by atoms with E-state index >= 15 is 0 Å². The molecule has 0 aromatic heterocycles. The molecule has 2 atom stereocenters. The highest BCUT2D eigenvalue weighted by Gasteiger charge is 2.40. The van der Waals surface area contributed by atoms with Gasteiger partial charge in [-0.2, -0.15) is 0 Å². The Labute approximate surface area is 283 Å². The third-order valence-electron chi connectivity index (χ3n) is 9.65. The van der Waals surface area contributed by atoms with Gasteiger partial charge in [0.2, 0.25) is 0 Å². The summed E-state index contributed by atoms with van der Waals surface area (Å²) in [6.45, 7) is 6.30. The minimum Gasteiger partial charge on any atom is -0.347 e. The Morgan fingerprint density at radius 1 is 0.511 bits per heavy atom. The molecule has 0 aromatic rings. The fourth-order valence-corrected chi connectivity index (χ4v) is 6.83. The van der Waals surface area contributed by atoms with Crippen LogP contribution in [0, 0.1) is 0 Å². The van der Waals surface area contributed by atoms with Gasteiger partial charge in [-0.1, -0.05) is 173 Å². The summed E-state index contributed by atoms with van der Waals surface area (Å²) < 4.78 is 13.1. The van der Waals surface area contributed by atoms with E-state index in [1.165, 1.54) is 173 Å². The van der Waals surface area contributed by atoms with Crippen molar-refractivity contribution in [2.75, 3.05) is 27.2 Å². The van der Waals surface area contributed by atoms with E-state index in [0.717, 1.165) is 32.4 Å². The zero-order valence-electron chi connectivity index (χ0n) is 31.3. The summed E-state index contributed by atoms with van der Waals surface area (Å²) in [5.41, 5.74) is 0. The van der Waals surface area contributed by atoms with E-state index < -0.39 is 0 Å². The molecule has 0 bridgehead atoms. The van der Waals surface area contributed by atoms with E-state index in [4.69, 9.17) is 9.47 Å². The molecular weight excluding hydrogens is 550 g/mol. The van der Waals surface area contributed by atoms with Crippen LogP contribution in [-0.4, -0.2) is 44.0 Å². The Bertz CT molecular complexity index is 659. The molecule has 1 aliphatic heterocycles. The Hall–Kier alpha value is -0.640. The lowest BCUT2D eigenvalue weighted by Gasteiger charge is -2.29. The second kappa shape index (κ2) is 31.9. The van der Waals surface area contributed by atoms with Gasteiger partial charge in [-0.15, -0.1) is 0 Å². The topological polar surface area (TPSA) is 21.7 Å². The summed E-state index contributed by atoms with van der Waals surface area (Å²) in [6, 6.07) is 0. The third kappa shape index (κ3) is 27.1. The lowest BCUT2D eigenvalue weighted by molar-refractivity contribution is -0.180. The Morgan fingerprint density at radius 3 is 1.33 bits per heavy atom. The molecule has 266 valence electrons. The number of allylic oxidation sites excluding steroid dienone is 4. The van der Waals surface area contributed by atoms with Crippen LogP contribution >= 0.6 is 0 Å². The molecule has 0 amide bonds. The largest absolute Gasteiger partial charge is 0.347 e. The Morgan fingerprint density at radius 2 is 0.889 bits per heavy atom. The van der Waals surface area contributed by atoms with Gasteiger partial charge < -0.3 is 14.4 Å². The van der Waals surface area contributed by atoms with Gasteiger partial charge in [0.1, 0.15) is 0 Å². The average Bonchev–Trinajstić information content (AvgIpc) is 3.42. The zero-order valence-corrected chi connectivity index (χ0v) is 31.3. The highest BCUT2D eigenvalue weighted by molar-refractivity contribution is 4.92. The summed E-state index contributed by atoms with van der Waals surface area (Å²) >= 11 is 0. The first-order chi connectivity index (χ1) is 22.1. The summed E-state index contributed by atoms with van der Waals surface area (Å²) in [4.78, 5) is 2.24. The van der Waals surface area contributed by atoms with Crippen LogP contribution in [0.4, 0.5) is 0 Å². The van der Waals surface area contributed by atoms with E-state index in [9.17, 15) is 0 Å². The standard InChI is InChI=1S/C42H81NO2/c1-5-7-9-11-13-15-17-19-21-23-25-27-29-31-33-35-37-42(44-40-41(45-42)39-43(3)4)38-36-34-32-30-28-26-24-22-20-18-16-14-12-10-8-6-2/h13,15,19,21,41H,5-12,14,16-18,20,22-40H2,1-4H3. The lowest BCUT2D eigenvalue weighted by Crippen LogP contribution is -2.33. The second-order valence-electron chi connectivity index (χ2n) is 14.6. The number of hydrogen-bond acceptors (Lipinski definition) is 3. The van der Waals surface area contributed by atoms with Crippen molar-refractivity contribution >= 4 is 0 Å². The first-order valence-corrected chi connectivity index (χ1v) is 20.4. The summed E-state index contributed by atoms with van der Waals surface area (Å²) in [7, 11) is 4.28. The molecule has 0 radical (unpaired) electrons. The molecule has 0 aliphatic carbocycles. The molecule has 0 saturated carbocycles. The smallest absolute Gasteiger partial charge is 0.168 e. The van der Waals surface area contributed by atoms with Gasteiger partial charge in [0.25, 0.3) is 0 Å². The van der Waals surface area contributed by atoms with Gasteiger partial charge in [-0.05, 0) is 59.0 Å². The molecule has 45 heavy (non-hydrogen) atoms. The van der Waals surface area contributed by atoms with Crippen molar-refractivity contribution in [3.05, 3.63) is 24.3 Å². The van der Waals surface area contributed by atoms with Crippen LogP contribution in [-0.2, 0) is 9.47 Å². The van der Waals surface area contributed by atoms with Crippen LogP contribution in [0.3, 0.4) is 0 Å². The number of rotatable bonds is 34. The fraction of sp³-hybridized carbons (Fsp3) is 0.905. The maximum atomic E-state index is 6.63. The summed E-state index contributed by atoms with van der Waals surface area (Å²) in [5, 5.41) is 0. The van der Waals surface area contributed by atoms with Gasteiger partial charge in [0.05, 0.1) is 12.7 Å². The van der Waals surface area contributed by atoms with Crippen LogP contribution in [0.2, 0.25) is 0 Å². The van der Waals surface area contributed by atoms with Gasteiger partial charge in [-0.3, -0.25) is 0 Å². The number of hydrogen-bond donors (Lipinski definition) is 0. The molecular formula is C42H81NO2. The van der Waals surface area contributed by atoms with Crippen molar-refractivity contribution in [1.29, 1.82) is 0 Å². The van der Waals surface area contributed by atoms with E-state index in [2.05, 4.69) is 57.1 Å². The van der Waals surface area contributed by atoms with Crippen molar-refractivity contribution in [1.82, 2.24) is 4.90 Å². The number of nitrogens with zero attached hydrogens (tertiary/aromatic N) is 1. The maximum Gasteiger partial charge on any atom is 0.168 e. The molecule has 1 rings (SSSR count). The van der Waals surface area contributed by atoms with Gasteiger partial charge >= 0.3 is 0 Å². The SMILES string of the molecule is CCCCCC=CCC=CCCCCCCCCC1(CCCCCCCCCCCCCCCCCC)OCC(CN(C)C)O1. The zero-order chi connectivity index (χ0) is 32.5. The molecule has 1 saturated heterocycles. The molecule has 3 nitrogen and oxygen atoms in total. The molecule has 1 heterocycles. The second-order valence-corrected chi connectivity index (χ2v) is 14.6. The Balaban J connectivity index is 2.08. The number of likely N-dealkylation sites (N-methyl/N-ethyl adjacent to an activating group) is 1. The monoisotopic (exact) mass is 632 g/mol. The van der Waals surface area contributed by atoms with Crippen molar-refractivity contribution in [3.63, 3.8) is 0 Å². The maximum absolute atomic E-state index is 6.63. The van der Waals surface area contributed by atoms with Crippen molar-refractivity contribution in [2.24, 2.45) is 0 Å². The third-order valence-corrected chi connectivity index (χ3v) is 9.65. The summed E-state index contributed by atoms with van der Waals surface area (Å²) in [6.07, 6.45) is 50.0. The van der Waals surface area contributed by atoms with Crippen LogP contribution in [0.1, 0.15) is 206 Å². The summed E-state index contributed by atoms with van der Waals surface area (Å²) in [5.74, 6) is -0.314. The first kappa shape index (κ1) is 42.4. The van der Waals surface area contributed by atoms with Gasteiger partial charge in [0.15, 0.2) is 5.79 Å². The number of unbranched alkanes of at least 4 members (excludes halogenated alkanes) is 24. The van der Waals surface area contributed by atoms with Gasteiger partial charge in [0, 0.05) is 19.4 Å². The molecule has 0 spiro atoms. The first-order valence-electron chi connectivity index (χ1n) is 20.4. The van der Waals surface area contributed by atoms with Crippen LogP contribution < -0.4 is 0 Å². The highest BCUT2D eigenvalue weighted by atomic mass is 16.7.